The van der Waals surface area contributed by atoms with Crippen molar-refractivity contribution in [2.45, 2.75) is 99.2 Å². The first-order chi connectivity index (χ1) is 18.3. The summed E-state index contributed by atoms with van der Waals surface area (Å²) in [6.45, 7) is 18.5. The number of carbonyl (C=O) groups is 3. The summed E-state index contributed by atoms with van der Waals surface area (Å²) in [5.41, 5.74) is 3.43. The van der Waals surface area contributed by atoms with E-state index in [0.717, 1.165) is 42.9 Å². The Balaban J connectivity index is 0. The van der Waals surface area contributed by atoms with Gasteiger partial charge in [0, 0.05) is 45.7 Å². The standard InChI is InChI=1S/C27H41F2N5O3.C2H6.2H2/c1-18-9-7-8-14-33(18)19(2)17-34(32-24(35)12-13-27(4,5)6)26(37)31-20(3)25(36)30-16-21-10-11-22(28)15-23(21)29;1-2;;/h10-11,15,18,20H,2,7-9,12-14,16-17H2,1,3-6H3,(H,30,36)(H,31,37)(H,32,35);1-2H3;2*1H/t18-,20-;;;/m0.../s1. The van der Waals surface area contributed by atoms with Gasteiger partial charge < -0.3 is 15.5 Å². The van der Waals surface area contributed by atoms with Crippen molar-refractivity contribution in [2.24, 2.45) is 5.41 Å². The van der Waals surface area contributed by atoms with Crippen molar-refractivity contribution < 1.29 is 26.0 Å². The highest BCUT2D eigenvalue weighted by Crippen LogP contribution is 2.22. The van der Waals surface area contributed by atoms with Crippen molar-refractivity contribution in [1.29, 1.82) is 0 Å². The fraction of sp³-hybridized carbons (Fsp3) is 0.621. The molecule has 3 N–H and O–H groups in total. The van der Waals surface area contributed by atoms with Gasteiger partial charge in [-0.3, -0.25) is 15.0 Å². The van der Waals surface area contributed by atoms with Crippen LogP contribution in [0.15, 0.2) is 30.5 Å². The number of hydrogen-bond donors (Lipinski definition) is 3. The molecule has 1 aromatic rings. The van der Waals surface area contributed by atoms with E-state index in [4.69, 9.17) is 0 Å². The van der Waals surface area contributed by atoms with Gasteiger partial charge in [-0.05, 0) is 51.0 Å². The number of nitrogens with one attached hydrogen (secondary N) is 3. The van der Waals surface area contributed by atoms with Crippen LogP contribution in [-0.4, -0.2) is 52.9 Å². The topological polar surface area (TPSA) is 93.8 Å². The van der Waals surface area contributed by atoms with E-state index < -0.39 is 29.6 Å². The van der Waals surface area contributed by atoms with Crippen LogP contribution in [-0.2, 0) is 16.1 Å². The maximum absolute atomic E-state index is 13.9. The molecule has 1 aromatic carbocycles. The Morgan fingerprint density at radius 2 is 1.87 bits per heavy atom. The van der Waals surface area contributed by atoms with Crippen molar-refractivity contribution in [1.82, 2.24) is 26.0 Å². The fourth-order valence-electron chi connectivity index (χ4n) is 4.03. The normalized spacial score (nSPS) is 15.8. The summed E-state index contributed by atoms with van der Waals surface area (Å²) in [4.78, 5) is 40.4. The van der Waals surface area contributed by atoms with Crippen LogP contribution in [0.4, 0.5) is 13.6 Å². The molecule has 39 heavy (non-hydrogen) atoms. The molecular formula is C29H51F2N5O3. The molecule has 4 amide bonds. The van der Waals surface area contributed by atoms with E-state index in [2.05, 4.69) is 34.5 Å². The van der Waals surface area contributed by atoms with Crippen molar-refractivity contribution in [3.8, 4) is 0 Å². The van der Waals surface area contributed by atoms with E-state index in [9.17, 15) is 23.2 Å². The Hall–Kier alpha value is -3.17. The van der Waals surface area contributed by atoms with E-state index in [1.807, 2.05) is 34.6 Å². The van der Waals surface area contributed by atoms with Gasteiger partial charge in [0.1, 0.15) is 17.7 Å². The predicted octanol–water partition coefficient (Wildman–Crippen LogP) is 5.74. The average Bonchev–Trinajstić information content (AvgIpc) is 2.87. The average molecular weight is 556 g/mol. The Labute approximate surface area is 235 Å². The smallest absolute Gasteiger partial charge is 0.337 e. The summed E-state index contributed by atoms with van der Waals surface area (Å²) in [5.74, 6) is -2.35. The maximum atomic E-state index is 13.9. The number of nitrogens with zero attached hydrogens (tertiary/aromatic N) is 2. The summed E-state index contributed by atoms with van der Waals surface area (Å²) in [6, 6.07) is 1.72. The Morgan fingerprint density at radius 3 is 2.46 bits per heavy atom. The zero-order chi connectivity index (χ0) is 29.8. The molecule has 1 aliphatic heterocycles. The number of halogens is 2. The van der Waals surface area contributed by atoms with Crippen molar-refractivity contribution in [3.63, 3.8) is 0 Å². The summed E-state index contributed by atoms with van der Waals surface area (Å²) in [5, 5.41) is 6.27. The lowest BCUT2D eigenvalue weighted by Gasteiger charge is -2.38. The Kier molecular flexibility index (Phi) is 13.9. The number of urea groups is 1. The lowest BCUT2D eigenvalue weighted by molar-refractivity contribution is -0.125. The highest BCUT2D eigenvalue weighted by atomic mass is 19.1. The quantitative estimate of drug-likeness (QED) is 0.339. The van der Waals surface area contributed by atoms with Crippen molar-refractivity contribution >= 4 is 17.8 Å². The highest BCUT2D eigenvalue weighted by Gasteiger charge is 2.26. The van der Waals surface area contributed by atoms with Gasteiger partial charge in [-0.2, -0.15) is 0 Å². The molecule has 0 aliphatic carbocycles. The third-order valence-electron chi connectivity index (χ3n) is 6.36. The minimum atomic E-state index is -0.979. The van der Waals surface area contributed by atoms with Gasteiger partial charge in [-0.1, -0.05) is 47.3 Å². The molecular weight excluding hydrogens is 504 g/mol. The van der Waals surface area contributed by atoms with Crippen molar-refractivity contribution in [2.75, 3.05) is 13.1 Å². The first-order valence-electron chi connectivity index (χ1n) is 13.8. The molecule has 1 fully saturated rings. The molecule has 8 nitrogen and oxygen atoms in total. The van der Waals surface area contributed by atoms with Gasteiger partial charge in [0.25, 0.3) is 0 Å². The van der Waals surface area contributed by atoms with Crippen LogP contribution in [0.3, 0.4) is 0 Å². The molecule has 0 radical (unpaired) electrons. The zero-order valence-corrected chi connectivity index (χ0v) is 24.6. The van der Waals surface area contributed by atoms with Gasteiger partial charge in [0.2, 0.25) is 11.8 Å². The molecule has 0 spiro atoms. The molecule has 1 heterocycles. The summed E-state index contributed by atoms with van der Waals surface area (Å²) >= 11 is 0. The second-order valence-electron chi connectivity index (χ2n) is 10.9. The van der Waals surface area contributed by atoms with Crippen LogP contribution in [0.2, 0.25) is 0 Å². The largest absolute Gasteiger partial charge is 0.371 e. The summed E-state index contributed by atoms with van der Waals surface area (Å²) in [6.07, 6.45) is 4.05. The number of rotatable bonds is 9. The third kappa shape index (κ3) is 12.0. The molecule has 1 aliphatic rings. The van der Waals surface area contributed by atoms with Crippen LogP contribution in [0, 0.1) is 17.0 Å². The number of piperidine rings is 1. The highest BCUT2D eigenvalue weighted by molar-refractivity contribution is 5.87. The molecule has 10 heteroatoms. The number of hydrogen-bond acceptors (Lipinski definition) is 4. The monoisotopic (exact) mass is 555 g/mol. The molecule has 2 atom stereocenters. The van der Waals surface area contributed by atoms with E-state index in [1.54, 1.807) is 0 Å². The fourth-order valence-corrected chi connectivity index (χ4v) is 4.03. The molecule has 0 saturated carbocycles. The predicted molar refractivity (Wildman–Crippen MR) is 154 cm³/mol. The molecule has 0 aromatic heterocycles. The van der Waals surface area contributed by atoms with Crippen LogP contribution in [0.5, 0.6) is 0 Å². The number of hydrazine groups is 1. The van der Waals surface area contributed by atoms with Crippen molar-refractivity contribution in [3.05, 3.63) is 47.7 Å². The van der Waals surface area contributed by atoms with E-state index in [0.29, 0.717) is 12.1 Å². The number of carbonyl (C=O) groups excluding carboxylic acids is 3. The lowest BCUT2D eigenvalue weighted by atomic mass is 9.90. The number of benzene rings is 1. The SMILES string of the molecule is C=C(CN(NC(=O)CCC(C)(C)C)C(=O)N[C@@H](C)C(=O)NCc1ccc(F)cc1F)N1CCCC[C@@H]1C.CC.[HH].[HH]. The lowest BCUT2D eigenvalue weighted by Crippen LogP contribution is -2.56. The van der Waals surface area contributed by atoms with Gasteiger partial charge in [-0.15, -0.1) is 0 Å². The molecule has 0 bridgehead atoms. The van der Waals surface area contributed by atoms with Gasteiger partial charge >= 0.3 is 6.03 Å². The minimum absolute atomic E-state index is 0. The van der Waals surface area contributed by atoms with E-state index in [1.165, 1.54) is 13.0 Å². The second-order valence-corrected chi connectivity index (χ2v) is 10.9. The van der Waals surface area contributed by atoms with Gasteiger partial charge in [0.05, 0.1) is 6.54 Å². The maximum Gasteiger partial charge on any atom is 0.337 e. The second kappa shape index (κ2) is 16.1. The minimum Gasteiger partial charge on any atom is -0.371 e. The van der Waals surface area contributed by atoms with Gasteiger partial charge in [0.15, 0.2) is 0 Å². The molecule has 0 unspecified atom stereocenters. The molecule has 1 saturated heterocycles. The Bertz CT molecular complexity index is 992. The van der Waals surface area contributed by atoms with E-state index in [-0.39, 0.29) is 45.3 Å². The number of amides is 4. The van der Waals surface area contributed by atoms with Gasteiger partial charge in [-0.25, -0.2) is 18.6 Å². The molecule has 2 rings (SSSR count). The van der Waals surface area contributed by atoms with Crippen LogP contribution in [0.25, 0.3) is 0 Å². The first-order valence-corrected chi connectivity index (χ1v) is 13.8. The third-order valence-corrected chi connectivity index (χ3v) is 6.36. The van der Waals surface area contributed by atoms with Crippen LogP contribution in [0.1, 0.15) is 89.0 Å². The van der Waals surface area contributed by atoms with Crippen LogP contribution >= 0.6 is 0 Å². The van der Waals surface area contributed by atoms with Crippen LogP contribution < -0.4 is 16.1 Å². The van der Waals surface area contributed by atoms with E-state index >= 15 is 0 Å². The first kappa shape index (κ1) is 33.9. The summed E-state index contributed by atoms with van der Waals surface area (Å²) < 4.78 is 27.0. The molecule has 224 valence electrons. The zero-order valence-electron chi connectivity index (χ0n) is 24.6. The summed E-state index contributed by atoms with van der Waals surface area (Å²) in [7, 11) is 0. The number of likely N-dealkylation sites (tertiary alicyclic amines) is 1. The Morgan fingerprint density at radius 1 is 1.21 bits per heavy atom.